The van der Waals surface area contributed by atoms with Crippen LogP contribution in [0, 0.1) is 0 Å². The van der Waals surface area contributed by atoms with Gasteiger partial charge in [-0.1, -0.05) is 18.2 Å². The lowest BCUT2D eigenvalue weighted by molar-refractivity contribution is 0.0921. The molecule has 2 aromatic carbocycles. The SMILES string of the molecule is COc1ccc(C(=O)N[C@@H](COc2ccccc2)Cc2ncc[nH]2)cc1. The third-order valence-electron chi connectivity index (χ3n) is 3.88. The smallest absolute Gasteiger partial charge is 0.251 e. The molecule has 1 atom stereocenters. The van der Waals surface area contributed by atoms with Crippen LogP contribution in [0.4, 0.5) is 0 Å². The molecule has 0 bridgehead atoms. The summed E-state index contributed by atoms with van der Waals surface area (Å²) in [6.07, 6.45) is 3.99. The van der Waals surface area contributed by atoms with Crippen LogP contribution in [0.15, 0.2) is 67.0 Å². The molecule has 3 rings (SSSR count). The van der Waals surface area contributed by atoms with Crippen molar-refractivity contribution in [2.75, 3.05) is 13.7 Å². The lowest BCUT2D eigenvalue weighted by Crippen LogP contribution is -2.41. The summed E-state index contributed by atoms with van der Waals surface area (Å²) in [6.45, 7) is 0.340. The van der Waals surface area contributed by atoms with Crippen molar-refractivity contribution in [1.82, 2.24) is 15.3 Å². The topological polar surface area (TPSA) is 76.2 Å². The number of aromatic amines is 1. The fraction of sp³-hybridized carbons (Fsp3) is 0.200. The van der Waals surface area contributed by atoms with Gasteiger partial charge in [0.1, 0.15) is 23.9 Å². The van der Waals surface area contributed by atoms with Gasteiger partial charge in [0.25, 0.3) is 5.91 Å². The number of ether oxygens (including phenoxy) is 2. The summed E-state index contributed by atoms with van der Waals surface area (Å²) in [6, 6.07) is 16.3. The molecule has 0 aliphatic rings. The van der Waals surface area contributed by atoms with Gasteiger partial charge in [-0.15, -0.1) is 0 Å². The molecule has 1 amide bonds. The zero-order valence-electron chi connectivity index (χ0n) is 14.5. The van der Waals surface area contributed by atoms with Crippen LogP contribution >= 0.6 is 0 Å². The van der Waals surface area contributed by atoms with E-state index in [4.69, 9.17) is 9.47 Å². The summed E-state index contributed by atoms with van der Waals surface area (Å²) in [4.78, 5) is 19.9. The highest BCUT2D eigenvalue weighted by Crippen LogP contribution is 2.12. The molecule has 0 aliphatic carbocycles. The lowest BCUT2D eigenvalue weighted by atomic mass is 10.1. The predicted molar refractivity (Wildman–Crippen MR) is 98.5 cm³/mol. The molecule has 3 aromatic rings. The number of hydrogen-bond donors (Lipinski definition) is 2. The van der Waals surface area contributed by atoms with Crippen molar-refractivity contribution in [1.29, 1.82) is 0 Å². The van der Waals surface area contributed by atoms with Crippen molar-refractivity contribution in [2.45, 2.75) is 12.5 Å². The summed E-state index contributed by atoms with van der Waals surface area (Å²) in [5, 5.41) is 3.01. The van der Waals surface area contributed by atoms with Crippen molar-refractivity contribution < 1.29 is 14.3 Å². The normalized spacial score (nSPS) is 11.6. The second-order valence-corrected chi connectivity index (χ2v) is 5.76. The van der Waals surface area contributed by atoms with Gasteiger partial charge in [-0.05, 0) is 36.4 Å². The fourth-order valence-electron chi connectivity index (χ4n) is 2.52. The van der Waals surface area contributed by atoms with Crippen molar-refractivity contribution in [3.05, 3.63) is 78.4 Å². The Morgan fingerprint density at radius 1 is 1.12 bits per heavy atom. The third-order valence-corrected chi connectivity index (χ3v) is 3.88. The molecule has 0 unspecified atom stereocenters. The highest BCUT2D eigenvalue weighted by Gasteiger charge is 2.16. The molecular weight excluding hydrogens is 330 g/mol. The largest absolute Gasteiger partial charge is 0.497 e. The Morgan fingerprint density at radius 3 is 2.54 bits per heavy atom. The van der Waals surface area contributed by atoms with E-state index >= 15 is 0 Å². The van der Waals surface area contributed by atoms with Crippen LogP contribution in [0.5, 0.6) is 11.5 Å². The van der Waals surface area contributed by atoms with Gasteiger partial charge in [-0.2, -0.15) is 0 Å². The van der Waals surface area contributed by atoms with E-state index in [2.05, 4.69) is 15.3 Å². The van der Waals surface area contributed by atoms with Crippen molar-refractivity contribution in [2.24, 2.45) is 0 Å². The molecule has 1 heterocycles. The first-order valence-electron chi connectivity index (χ1n) is 8.35. The second kappa shape index (κ2) is 8.71. The van der Waals surface area contributed by atoms with Gasteiger partial charge < -0.3 is 19.8 Å². The maximum atomic E-state index is 12.6. The number of benzene rings is 2. The molecule has 0 fully saturated rings. The molecule has 0 radical (unpaired) electrons. The number of aromatic nitrogens is 2. The highest BCUT2D eigenvalue weighted by molar-refractivity contribution is 5.94. The van der Waals surface area contributed by atoms with Crippen molar-refractivity contribution in [3.8, 4) is 11.5 Å². The number of nitrogens with one attached hydrogen (secondary N) is 2. The Labute approximate surface area is 152 Å². The minimum Gasteiger partial charge on any atom is -0.497 e. The zero-order chi connectivity index (χ0) is 18.2. The number of H-pyrrole nitrogens is 1. The van der Waals surface area contributed by atoms with E-state index in [1.54, 1.807) is 43.8 Å². The Balaban J connectivity index is 1.66. The Bertz CT molecular complexity index is 802. The standard InChI is InChI=1S/C20H21N3O3/c1-25-17-9-7-15(8-10-17)20(24)23-16(13-19-21-11-12-22-19)14-26-18-5-3-2-4-6-18/h2-12,16H,13-14H2,1H3,(H,21,22)(H,23,24)/t16-/m1/s1. The molecule has 6 nitrogen and oxygen atoms in total. The number of amides is 1. The van der Waals surface area contributed by atoms with Gasteiger partial charge in [0.15, 0.2) is 0 Å². The molecule has 26 heavy (non-hydrogen) atoms. The molecule has 134 valence electrons. The first-order chi connectivity index (χ1) is 12.7. The van der Waals surface area contributed by atoms with E-state index < -0.39 is 0 Å². The molecular formula is C20H21N3O3. The van der Waals surface area contributed by atoms with Crippen LogP contribution in [-0.4, -0.2) is 35.6 Å². The quantitative estimate of drug-likeness (QED) is 0.654. The molecule has 0 saturated heterocycles. The summed E-state index contributed by atoms with van der Waals surface area (Å²) >= 11 is 0. The number of imidazole rings is 1. The summed E-state index contributed by atoms with van der Waals surface area (Å²) in [5.41, 5.74) is 0.565. The monoisotopic (exact) mass is 351 g/mol. The lowest BCUT2D eigenvalue weighted by Gasteiger charge is -2.19. The van der Waals surface area contributed by atoms with Crippen LogP contribution < -0.4 is 14.8 Å². The molecule has 2 N–H and O–H groups in total. The predicted octanol–water partition coefficient (Wildman–Crippen LogP) is 2.84. The van der Waals surface area contributed by atoms with Crippen LogP contribution in [0.3, 0.4) is 0 Å². The fourth-order valence-corrected chi connectivity index (χ4v) is 2.52. The molecule has 0 aliphatic heterocycles. The van der Waals surface area contributed by atoms with E-state index in [1.165, 1.54) is 0 Å². The number of methoxy groups -OCH3 is 1. The highest BCUT2D eigenvalue weighted by atomic mass is 16.5. The van der Waals surface area contributed by atoms with Crippen LogP contribution in [-0.2, 0) is 6.42 Å². The Hall–Kier alpha value is -3.28. The number of para-hydroxylation sites is 1. The molecule has 1 aromatic heterocycles. The number of carbonyl (C=O) groups excluding carboxylic acids is 1. The first kappa shape index (κ1) is 17.5. The van der Waals surface area contributed by atoms with Crippen LogP contribution in [0.25, 0.3) is 0 Å². The van der Waals surface area contributed by atoms with E-state index in [9.17, 15) is 4.79 Å². The van der Waals surface area contributed by atoms with Crippen LogP contribution in [0.1, 0.15) is 16.2 Å². The summed E-state index contributed by atoms with van der Waals surface area (Å²) in [5.74, 6) is 2.10. The molecule has 0 saturated carbocycles. The minimum absolute atomic E-state index is 0.166. The van der Waals surface area contributed by atoms with E-state index in [-0.39, 0.29) is 11.9 Å². The van der Waals surface area contributed by atoms with Gasteiger partial charge in [-0.3, -0.25) is 4.79 Å². The summed E-state index contributed by atoms with van der Waals surface area (Å²) < 4.78 is 10.9. The molecule has 6 heteroatoms. The van der Waals surface area contributed by atoms with Crippen molar-refractivity contribution >= 4 is 5.91 Å². The number of hydrogen-bond acceptors (Lipinski definition) is 4. The average Bonchev–Trinajstić information content (AvgIpc) is 3.20. The number of carbonyl (C=O) groups is 1. The van der Waals surface area contributed by atoms with Gasteiger partial charge in [0, 0.05) is 24.4 Å². The minimum atomic E-state index is -0.226. The van der Waals surface area contributed by atoms with Gasteiger partial charge in [0.05, 0.1) is 13.2 Å². The van der Waals surface area contributed by atoms with E-state index in [0.29, 0.717) is 24.3 Å². The van der Waals surface area contributed by atoms with E-state index in [1.807, 2.05) is 30.3 Å². The summed E-state index contributed by atoms with van der Waals surface area (Å²) in [7, 11) is 1.59. The van der Waals surface area contributed by atoms with E-state index in [0.717, 1.165) is 11.6 Å². The van der Waals surface area contributed by atoms with Crippen LogP contribution in [0.2, 0.25) is 0 Å². The third kappa shape index (κ3) is 4.86. The average molecular weight is 351 g/mol. The molecule has 0 spiro atoms. The second-order valence-electron chi connectivity index (χ2n) is 5.76. The van der Waals surface area contributed by atoms with Gasteiger partial charge in [0.2, 0.25) is 0 Å². The zero-order valence-corrected chi connectivity index (χ0v) is 14.5. The first-order valence-corrected chi connectivity index (χ1v) is 8.35. The van der Waals surface area contributed by atoms with Crippen molar-refractivity contribution in [3.63, 3.8) is 0 Å². The number of nitrogens with zero attached hydrogens (tertiary/aromatic N) is 1. The Morgan fingerprint density at radius 2 is 1.88 bits per heavy atom. The Kier molecular flexibility index (Phi) is 5.88. The number of rotatable bonds is 8. The maximum absolute atomic E-state index is 12.6. The maximum Gasteiger partial charge on any atom is 0.251 e. The van der Waals surface area contributed by atoms with Gasteiger partial charge >= 0.3 is 0 Å². The van der Waals surface area contributed by atoms with Gasteiger partial charge in [-0.25, -0.2) is 4.98 Å².